The summed E-state index contributed by atoms with van der Waals surface area (Å²) in [7, 11) is 0. The lowest BCUT2D eigenvalue weighted by atomic mass is 10.2. The molecule has 22 heavy (non-hydrogen) atoms. The second-order valence-electron chi connectivity index (χ2n) is 5.06. The van der Waals surface area contributed by atoms with Crippen LogP contribution in [-0.4, -0.2) is 33.3 Å². The molecular formula is C16H19N3O3. The van der Waals surface area contributed by atoms with E-state index in [9.17, 15) is 9.59 Å². The zero-order valence-corrected chi connectivity index (χ0v) is 12.5. The maximum Gasteiger partial charge on any atom is 0.303 e. The Kier molecular flexibility index (Phi) is 5.30. The molecule has 0 atom stereocenters. The number of nitrogens with zero attached hydrogens (tertiary/aromatic N) is 2. The van der Waals surface area contributed by atoms with Gasteiger partial charge in [0, 0.05) is 24.7 Å². The number of unbranched alkanes of at least 4 members (excludes halogenated alkanes) is 1. The number of carbonyl (C=O) groups is 2. The van der Waals surface area contributed by atoms with Crippen molar-refractivity contribution in [2.75, 3.05) is 6.54 Å². The van der Waals surface area contributed by atoms with Gasteiger partial charge < -0.3 is 10.4 Å². The highest BCUT2D eigenvalue weighted by molar-refractivity contribution is 5.94. The van der Waals surface area contributed by atoms with Crippen LogP contribution in [-0.2, 0) is 4.79 Å². The monoisotopic (exact) mass is 301 g/mol. The Bertz CT molecular complexity index is 647. The van der Waals surface area contributed by atoms with Crippen molar-refractivity contribution in [2.45, 2.75) is 26.2 Å². The minimum Gasteiger partial charge on any atom is -0.481 e. The van der Waals surface area contributed by atoms with Gasteiger partial charge in [0.05, 0.1) is 11.4 Å². The van der Waals surface area contributed by atoms with Gasteiger partial charge in [-0.15, -0.1) is 0 Å². The van der Waals surface area contributed by atoms with Gasteiger partial charge in [-0.05, 0) is 50.1 Å². The minimum atomic E-state index is -0.809. The molecule has 1 aromatic heterocycles. The van der Waals surface area contributed by atoms with Gasteiger partial charge in [0.25, 0.3) is 5.91 Å². The molecule has 2 N–H and O–H groups in total. The fourth-order valence-electron chi connectivity index (χ4n) is 2.03. The SMILES string of the molecule is Cc1ccn(-c2ccc(C(=O)NCCCCC(=O)O)cc2)n1. The number of hydrogen-bond donors (Lipinski definition) is 2. The van der Waals surface area contributed by atoms with Crippen LogP contribution in [0.15, 0.2) is 36.5 Å². The lowest BCUT2D eigenvalue weighted by Crippen LogP contribution is -2.24. The number of amides is 1. The molecule has 6 heteroatoms. The van der Waals surface area contributed by atoms with E-state index < -0.39 is 5.97 Å². The zero-order chi connectivity index (χ0) is 15.9. The van der Waals surface area contributed by atoms with Gasteiger partial charge >= 0.3 is 5.97 Å². The lowest BCUT2D eigenvalue weighted by molar-refractivity contribution is -0.137. The third-order valence-corrected chi connectivity index (χ3v) is 3.22. The molecule has 0 saturated heterocycles. The van der Waals surface area contributed by atoms with Crippen LogP contribution < -0.4 is 5.32 Å². The Morgan fingerprint density at radius 3 is 2.50 bits per heavy atom. The van der Waals surface area contributed by atoms with Gasteiger partial charge in [-0.2, -0.15) is 5.10 Å². The van der Waals surface area contributed by atoms with Gasteiger partial charge in [-0.25, -0.2) is 4.68 Å². The molecule has 0 aliphatic heterocycles. The predicted molar refractivity (Wildman–Crippen MR) is 82.1 cm³/mol. The number of nitrogens with one attached hydrogen (secondary N) is 1. The molecule has 116 valence electrons. The molecule has 1 amide bonds. The topological polar surface area (TPSA) is 84.2 Å². The van der Waals surface area contributed by atoms with Gasteiger partial charge in [0.1, 0.15) is 0 Å². The smallest absolute Gasteiger partial charge is 0.303 e. The third kappa shape index (κ3) is 4.44. The van der Waals surface area contributed by atoms with Crippen LogP contribution in [0.1, 0.15) is 35.3 Å². The summed E-state index contributed by atoms with van der Waals surface area (Å²) in [6.45, 7) is 2.40. The van der Waals surface area contributed by atoms with E-state index in [1.165, 1.54) is 0 Å². The molecular weight excluding hydrogens is 282 g/mol. The molecule has 0 aliphatic carbocycles. The second kappa shape index (κ2) is 7.40. The zero-order valence-electron chi connectivity index (χ0n) is 12.5. The normalized spacial score (nSPS) is 10.4. The quantitative estimate of drug-likeness (QED) is 0.768. The number of hydrogen-bond acceptors (Lipinski definition) is 3. The molecule has 0 aliphatic rings. The van der Waals surface area contributed by atoms with Gasteiger partial charge in [-0.1, -0.05) is 0 Å². The fraction of sp³-hybridized carbons (Fsp3) is 0.312. The largest absolute Gasteiger partial charge is 0.481 e. The van der Waals surface area contributed by atoms with E-state index in [-0.39, 0.29) is 12.3 Å². The van der Waals surface area contributed by atoms with Crippen LogP contribution >= 0.6 is 0 Å². The van der Waals surface area contributed by atoms with Crippen molar-refractivity contribution in [2.24, 2.45) is 0 Å². The van der Waals surface area contributed by atoms with Crippen LogP contribution in [0.3, 0.4) is 0 Å². The van der Waals surface area contributed by atoms with E-state index >= 15 is 0 Å². The average molecular weight is 301 g/mol. The van der Waals surface area contributed by atoms with Crippen molar-refractivity contribution in [1.82, 2.24) is 15.1 Å². The first kappa shape index (κ1) is 15.8. The van der Waals surface area contributed by atoms with E-state index in [4.69, 9.17) is 5.11 Å². The fourth-order valence-corrected chi connectivity index (χ4v) is 2.03. The molecule has 1 aromatic carbocycles. The first-order valence-corrected chi connectivity index (χ1v) is 7.19. The number of carbonyl (C=O) groups excluding carboxylic acids is 1. The first-order valence-electron chi connectivity index (χ1n) is 7.19. The molecule has 0 radical (unpaired) electrons. The molecule has 2 aromatic rings. The van der Waals surface area contributed by atoms with Gasteiger partial charge in [-0.3, -0.25) is 9.59 Å². The summed E-state index contributed by atoms with van der Waals surface area (Å²) in [6, 6.07) is 9.09. The lowest BCUT2D eigenvalue weighted by Gasteiger charge is -2.06. The summed E-state index contributed by atoms with van der Waals surface area (Å²) >= 11 is 0. The number of aryl methyl sites for hydroxylation is 1. The van der Waals surface area contributed by atoms with Crippen LogP contribution in [0.2, 0.25) is 0 Å². The number of carboxylic acids is 1. The number of carboxylic acid groups (broad SMARTS) is 1. The van der Waals surface area contributed by atoms with E-state index in [0.717, 1.165) is 11.4 Å². The Labute approximate surface area is 128 Å². The summed E-state index contributed by atoms with van der Waals surface area (Å²) in [4.78, 5) is 22.3. The van der Waals surface area contributed by atoms with Crippen molar-refractivity contribution in [3.8, 4) is 5.69 Å². The average Bonchev–Trinajstić information content (AvgIpc) is 2.93. The number of benzene rings is 1. The van der Waals surface area contributed by atoms with Crippen LogP contribution in [0, 0.1) is 6.92 Å². The summed E-state index contributed by atoms with van der Waals surface area (Å²) in [5, 5.41) is 15.6. The van der Waals surface area contributed by atoms with E-state index in [1.54, 1.807) is 16.8 Å². The number of aliphatic carboxylic acids is 1. The maximum absolute atomic E-state index is 11.9. The molecule has 0 unspecified atom stereocenters. The Morgan fingerprint density at radius 2 is 1.91 bits per heavy atom. The third-order valence-electron chi connectivity index (χ3n) is 3.22. The van der Waals surface area contributed by atoms with Crippen LogP contribution in [0.25, 0.3) is 5.69 Å². The molecule has 0 bridgehead atoms. The highest BCUT2D eigenvalue weighted by Gasteiger charge is 2.06. The molecule has 0 fully saturated rings. The van der Waals surface area contributed by atoms with Crippen LogP contribution in [0.4, 0.5) is 0 Å². The molecule has 0 saturated carbocycles. The Morgan fingerprint density at radius 1 is 1.18 bits per heavy atom. The number of rotatable bonds is 7. The maximum atomic E-state index is 11.9. The molecule has 6 nitrogen and oxygen atoms in total. The summed E-state index contributed by atoms with van der Waals surface area (Å²) in [5.74, 6) is -0.964. The summed E-state index contributed by atoms with van der Waals surface area (Å²) < 4.78 is 1.75. The van der Waals surface area contributed by atoms with Gasteiger partial charge in [0.15, 0.2) is 0 Å². The molecule has 2 rings (SSSR count). The van der Waals surface area contributed by atoms with Crippen LogP contribution in [0.5, 0.6) is 0 Å². The van der Waals surface area contributed by atoms with Crippen molar-refractivity contribution in [3.63, 3.8) is 0 Å². The number of aromatic nitrogens is 2. The summed E-state index contributed by atoms with van der Waals surface area (Å²) in [5.41, 5.74) is 2.40. The highest BCUT2D eigenvalue weighted by atomic mass is 16.4. The highest BCUT2D eigenvalue weighted by Crippen LogP contribution is 2.09. The first-order chi connectivity index (χ1) is 10.6. The minimum absolute atomic E-state index is 0.133. The standard InChI is InChI=1S/C16H19N3O3/c1-12-9-11-19(18-12)14-7-5-13(6-8-14)16(22)17-10-3-2-4-15(20)21/h5-9,11H,2-4,10H2,1H3,(H,17,22)(H,20,21). The molecule has 1 heterocycles. The second-order valence-corrected chi connectivity index (χ2v) is 5.06. The van der Waals surface area contributed by atoms with Crippen molar-refractivity contribution < 1.29 is 14.7 Å². The Hall–Kier alpha value is -2.63. The Balaban J connectivity index is 1.84. The van der Waals surface area contributed by atoms with E-state index in [2.05, 4.69) is 10.4 Å². The van der Waals surface area contributed by atoms with Crippen molar-refractivity contribution in [1.29, 1.82) is 0 Å². The van der Waals surface area contributed by atoms with E-state index in [1.807, 2.05) is 31.3 Å². The van der Waals surface area contributed by atoms with Crippen molar-refractivity contribution in [3.05, 3.63) is 47.8 Å². The molecule has 0 spiro atoms. The van der Waals surface area contributed by atoms with E-state index in [0.29, 0.717) is 24.9 Å². The van der Waals surface area contributed by atoms with Crippen molar-refractivity contribution >= 4 is 11.9 Å². The summed E-state index contributed by atoms with van der Waals surface area (Å²) in [6.07, 6.45) is 3.22. The van der Waals surface area contributed by atoms with Gasteiger partial charge in [0.2, 0.25) is 0 Å². The predicted octanol–water partition coefficient (Wildman–Crippen LogP) is 2.17.